The number of benzene rings is 2. The Labute approximate surface area is 242 Å². The number of carbonyl (C=O) groups is 1. The first-order chi connectivity index (χ1) is 19.9. The van der Waals surface area contributed by atoms with Gasteiger partial charge in [0.1, 0.15) is 5.82 Å². The molecule has 0 saturated carbocycles. The third kappa shape index (κ3) is 6.63. The van der Waals surface area contributed by atoms with Gasteiger partial charge in [-0.2, -0.15) is 17.5 Å². The van der Waals surface area contributed by atoms with Crippen LogP contribution in [-0.2, 0) is 27.4 Å². The van der Waals surface area contributed by atoms with Crippen LogP contribution in [0.15, 0.2) is 59.5 Å². The molecule has 2 aliphatic heterocycles. The summed E-state index contributed by atoms with van der Waals surface area (Å²) >= 11 is 0. The molecule has 2 fully saturated rings. The number of anilines is 1. The van der Waals surface area contributed by atoms with Crippen LogP contribution in [0.5, 0.6) is 0 Å². The van der Waals surface area contributed by atoms with Crippen molar-refractivity contribution in [2.24, 2.45) is 0 Å². The zero-order chi connectivity index (χ0) is 30.1. The predicted octanol–water partition coefficient (Wildman–Crippen LogP) is 4.41. The number of carbonyl (C=O) groups excluding carboxylic acids is 1. The highest BCUT2D eigenvalue weighted by atomic mass is 32.2. The first-order valence-electron chi connectivity index (χ1n) is 13.7. The fourth-order valence-corrected chi connectivity index (χ4v) is 6.93. The molecule has 0 aliphatic carbocycles. The molecule has 0 N–H and O–H groups in total. The van der Waals surface area contributed by atoms with Crippen LogP contribution in [0, 0.1) is 5.82 Å². The first-order valence-corrected chi connectivity index (χ1v) is 15.1. The Morgan fingerprint density at radius 3 is 2.26 bits per heavy atom. The molecule has 5 rings (SSSR count). The second-order valence-corrected chi connectivity index (χ2v) is 12.5. The number of alkyl halides is 3. The quantitative estimate of drug-likeness (QED) is 0.352. The highest BCUT2D eigenvalue weighted by Gasteiger charge is 2.39. The van der Waals surface area contributed by atoms with Crippen molar-refractivity contribution in [3.63, 3.8) is 0 Å². The summed E-state index contributed by atoms with van der Waals surface area (Å²) in [4.78, 5) is 26.8. The van der Waals surface area contributed by atoms with Crippen LogP contribution in [0.2, 0.25) is 0 Å². The molecule has 8 nitrogen and oxygen atoms in total. The minimum atomic E-state index is -4.46. The molecule has 0 bridgehead atoms. The van der Waals surface area contributed by atoms with Crippen molar-refractivity contribution in [2.75, 3.05) is 44.7 Å². The molecule has 0 unspecified atom stereocenters. The lowest BCUT2D eigenvalue weighted by Gasteiger charge is -2.32. The van der Waals surface area contributed by atoms with Gasteiger partial charge in [0.05, 0.1) is 22.2 Å². The van der Waals surface area contributed by atoms with Crippen LogP contribution in [0.4, 0.5) is 23.5 Å². The molecule has 0 radical (unpaired) electrons. The molecule has 1 aromatic heterocycles. The van der Waals surface area contributed by atoms with E-state index in [0.717, 1.165) is 37.4 Å². The van der Waals surface area contributed by atoms with Gasteiger partial charge in [0.15, 0.2) is 5.78 Å². The van der Waals surface area contributed by atoms with Gasteiger partial charge in [-0.15, -0.1) is 0 Å². The van der Waals surface area contributed by atoms with E-state index < -0.39 is 33.6 Å². The van der Waals surface area contributed by atoms with E-state index in [1.165, 1.54) is 28.6 Å². The van der Waals surface area contributed by atoms with Gasteiger partial charge >= 0.3 is 6.18 Å². The number of rotatable bonds is 8. The molecule has 224 valence electrons. The standard InChI is InChI=1S/C29H31F4N5O3S/c1-36-15-17-37(18-16-36)28-34-23(19-25(35-28)20-4-6-21(7-5-20)29(31,32)33)10-13-27(39)26-3-2-14-38(26)42(40,41)24-11-8-22(30)9-12-24/h4-9,11-12,19,26H,2-3,10,13-18H2,1H3/t26-/m0/s1. The number of Topliss-reactive ketones (excluding diaryl/α,β-unsaturated/α-hetero) is 1. The number of sulfonamides is 1. The zero-order valence-corrected chi connectivity index (χ0v) is 23.8. The zero-order valence-electron chi connectivity index (χ0n) is 23.0. The Kier molecular flexibility index (Phi) is 8.63. The lowest BCUT2D eigenvalue weighted by Crippen LogP contribution is -2.45. The molecule has 2 saturated heterocycles. The predicted molar refractivity (Wildman–Crippen MR) is 149 cm³/mol. The van der Waals surface area contributed by atoms with Gasteiger partial charge in [0, 0.05) is 50.4 Å². The minimum Gasteiger partial charge on any atom is -0.338 e. The van der Waals surface area contributed by atoms with Gasteiger partial charge in [0.2, 0.25) is 16.0 Å². The molecule has 2 aliphatic rings. The molecule has 0 amide bonds. The average molecular weight is 606 g/mol. The summed E-state index contributed by atoms with van der Waals surface area (Å²) in [5.41, 5.74) is 0.701. The molecular formula is C29H31F4N5O3S. The molecule has 3 heterocycles. The maximum Gasteiger partial charge on any atom is 0.416 e. The summed E-state index contributed by atoms with van der Waals surface area (Å²) in [7, 11) is -1.98. The molecule has 0 spiro atoms. The Bertz CT molecular complexity index is 1520. The van der Waals surface area contributed by atoms with E-state index in [0.29, 0.717) is 48.8 Å². The van der Waals surface area contributed by atoms with Gasteiger partial charge < -0.3 is 9.80 Å². The monoisotopic (exact) mass is 605 g/mol. The third-order valence-corrected chi connectivity index (χ3v) is 9.61. The van der Waals surface area contributed by atoms with E-state index >= 15 is 0 Å². The maximum absolute atomic E-state index is 13.4. The van der Waals surface area contributed by atoms with Crippen molar-refractivity contribution in [3.05, 3.63) is 71.7 Å². The molecule has 3 aromatic rings. The topological polar surface area (TPSA) is 86.7 Å². The fraction of sp³-hybridized carbons (Fsp3) is 0.414. The molecule has 2 aromatic carbocycles. The van der Waals surface area contributed by atoms with Gasteiger partial charge in [-0.25, -0.2) is 22.8 Å². The van der Waals surface area contributed by atoms with E-state index in [-0.39, 0.29) is 30.1 Å². The van der Waals surface area contributed by atoms with Crippen molar-refractivity contribution in [1.29, 1.82) is 0 Å². The van der Waals surface area contributed by atoms with E-state index in [2.05, 4.69) is 14.9 Å². The summed E-state index contributed by atoms with van der Waals surface area (Å²) in [5, 5.41) is 0. The highest BCUT2D eigenvalue weighted by Crippen LogP contribution is 2.32. The first kappa shape index (κ1) is 30.1. The molecule has 13 heteroatoms. The van der Waals surface area contributed by atoms with Crippen molar-refractivity contribution in [1.82, 2.24) is 19.2 Å². The van der Waals surface area contributed by atoms with Crippen LogP contribution in [0.3, 0.4) is 0 Å². The van der Waals surface area contributed by atoms with Crippen molar-refractivity contribution in [3.8, 4) is 11.3 Å². The van der Waals surface area contributed by atoms with Crippen molar-refractivity contribution >= 4 is 21.8 Å². The normalized spacial score (nSPS) is 18.9. The fourth-order valence-electron chi connectivity index (χ4n) is 5.25. The smallest absolute Gasteiger partial charge is 0.338 e. The number of halogens is 4. The largest absolute Gasteiger partial charge is 0.416 e. The van der Waals surface area contributed by atoms with Crippen LogP contribution in [0.25, 0.3) is 11.3 Å². The summed E-state index contributed by atoms with van der Waals surface area (Å²) in [6.07, 6.45) is -3.33. The lowest BCUT2D eigenvalue weighted by molar-refractivity contribution is -0.137. The number of likely N-dealkylation sites (N-methyl/N-ethyl adjacent to an activating group) is 1. The number of aromatic nitrogens is 2. The second kappa shape index (κ2) is 12.1. The number of piperazine rings is 1. The number of ketones is 1. The molecule has 42 heavy (non-hydrogen) atoms. The summed E-state index contributed by atoms with van der Waals surface area (Å²) in [6, 6.07) is 10.1. The highest BCUT2D eigenvalue weighted by molar-refractivity contribution is 7.89. The summed E-state index contributed by atoms with van der Waals surface area (Å²) < 4.78 is 80.3. The van der Waals surface area contributed by atoms with Crippen molar-refractivity contribution < 1.29 is 30.8 Å². The minimum absolute atomic E-state index is 0.0196. The number of hydrogen-bond acceptors (Lipinski definition) is 7. The van der Waals surface area contributed by atoms with E-state index in [9.17, 15) is 30.8 Å². The Morgan fingerprint density at radius 2 is 1.62 bits per heavy atom. The van der Waals surface area contributed by atoms with Crippen LogP contribution in [0.1, 0.15) is 30.5 Å². The van der Waals surface area contributed by atoms with Crippen LogP contribution in [-0.4, -0.2) is 79.2 Å². The molecular weight excluding hydrogens is 574 g/mol. The summed E-state index contributed by atoms with van der Waals surface area (Å²) in [5.74, 6) is -0.377. The van der Waals surface area contributed by atoms with Gasteiger partial charge in [-0.05, 0) is 68.8 Å². The van der Waals surface area contributed by atoms with Crippen LogP contribution >= 0.6 is 0 Å². The SMILES string of the molecule is CN1CCN(c2nc(CCC(=O)[C@@H]3CCCN3S(=O)(=O)c3ccc(F)cc3)cc(-c3ccc(C(F)(F)F)cc3)n2)CC1. The number of hydrogen-bond donors (Lipinski definition) is 0. The van der Waals surface area contributed by atoms with Gasteiger partial charge in [-0.3, -0.25) is 4.79 Å². The lowest BCUT2D eigenvalue weighted by atomic mass is 10.0. The summed E-state index contributed by atoms with van der Waals surface area (Å²) in [6.45, 7) is 3.12. The average Bonchev–Trinajstić information content (AvgIpc) is 3.47. The number of aryl methyl sites for hydroxylation is 1. The van der Waals surface area contributed by atoms with Crippen LogP contribution < -0.4 is 4.90 Å². The Balaban J connectivity index is 1.37. The van der Waals surface area contributed by atoms with E-state index in [4.69, 9.17) is 0 Å². The van der Waals surface area contributed by atoms with Gasteiger partial charge in [0.25, 0.3) is 0 Å². The molecule has 1 atom stereocenters. The third-order valence-electron chi connectivity index (χ3n) is 7.68. The number of nitrogens with zero attached hydrogens (tertiary/aromatic N) is 5. The van der Waals surface area contributed by atoms with Crippen molar-refractivity contribution in [2.45, 2.75) is 42.8 Å². The second-order valence-electron chi connectivity index (χ2n) is 10.6. The van der Waals surface area contributed by atoms with Gasteiger partial charge in [-0.1, -0.05) is 12.1 Å². The Morgan fingerprint density at radius 1 is 0.952 bits per heavy atom. The van der Waals surface area contributed by atoms with E-state index in [1.807, 2.05) is 11.9 Å². The maximum atomic E-state index is 13.4. The Hall–Kier alpha value is -3.42. The van der Waals surface area contributed by atoms with E-state index in [1.54, 1.807) is 6.07 Å².